The lowest BCUT2D eigenvalue weighted by Crippen LogP contribution is -2.16. The molecule has 0 spiro atoms. The van der Waals surface area contributed by atoms with Crippen molar-refractivity contribution in [1.82, 2.24) is 9.97 Å². The van der Waals surface area contributed by atoms with Gasteiger partial charge in [-0.25, -0.2) is 23.2 Å². The van der Waals surface area contributed by atoms with Crippen LogP contribution in [0.25, 0.3) is 0 Å². The van der Waals surface area contributed by atoms with Crippen LogP contribution < -0.4 is 4.74 Å². The van der Waals surface area contributed by atoms with Gasteiger partial charge >= 0.3 is 5.97 Å². The van der Waals surface area contributed by atoms with Crippen molar-refractivity contribution in [1.29, 1.82) is 0 Å². The molecule has 0 fully saturated rings. The number of carbonyl (C=O) groups excluding carboxylic acids is 1. The Morgan fingerprint density at radius 1 is 1.14 bits per heavy atom. The van der Waals surface area contributed by atoms with E-state index >= 15 is 0 Å². The summed E-state index contributed by atoms with van der Waals surface area (Å²) in [6.45, 7) is 1.81. The molecule has 0 aliphatic heterocycles. The fourth-order valence-electron chi connectivity index (χ4n) is 2.34. The van der Waals surface area contributed by atoms with Crippen molar-refractivity contribution in [2.45, 2.75) is 17.8 Å². The van der Waals surface area contributed by atoms with Gasteiger partial charge < -0.3 is 4.74 Å². The van der Waals surface area contributed by atoms with Crippen LogP contribution in [0.1, 0.15) is 21.6 Å². The fraction of sp³-hybridized carbons (Fsp3) is 0.105. The molecule has 144 valence electrons. The van der Waals surface area contributed by atoms with Crippen LogP contribution in [0.2, 0.25) is 5.02 Å². The first-order valence-electron chi connectivity index (χ1n) is 8.04. The Balaban J connectivity index is 1.89. The van der Waals surface area contributed by atoms with E-state index in [0.29, 0.717) is 5.56 Å². The van der Waals surface area contributed by atoms with E-state index in [1.165, 1.54) is 0 Å². The summed E-state index contributed by atoms with van der Waals surface area (Å²) < 4.78 is 31.4. The second-order valence-corrected chi connectivity index (χ2v) is 9.08. The molecule has 0 radical (unpaired) electrons. The molecule has 0 aliphatic rings. The van der Waals surface area contributed by atoms with Crippen molar-refractivity contribution in [2.75, 3.05) is 0 Å². The Kier molecular flexibility index (Phi) is 6.12. The molecular weight excluding hydrogens is 468 g/mol. The maximum Gasteiger partial charge on any atom is 0.364 e. The van der Waals surface area contributed by atoms with Crippen molar-refractivity contribution in [3.63, 3.8) is 0 Å². The van der Waals surface area contributed by atoms with Gasteiger partial charge in [-0.3, -0.25) is 0 Å². The second kappa shape index (κ2) is 8.38. The third kappa shape index (κ3) is 4.76. The van der Waals surface area contributed by atoms with Gasteiger partial charge in [0, 0.05) is 4.47 Å². The van der Waals surface area contributed by atoms with Gasteiger partial charge in [0.25, 0.3) is 0 Å². The van der Waals surface area contributed by atoms with E-state index in [0.717, 1.165) is 16.2 Å². The van der Waals surface area contributed by atoms with Crippen LogP contribution in [-0.4, -0.2) is 24.4 Å². The molecule has 1 aromatic heterocycles. The Hall–Kier alpha value is -2.29. The molecule has 0 amide bonds. The first-order chi connectivity index (χ1) is 13.3. The van der Waals surface area contributed by atoms with Crippen molar-refractivity contribution in [3.8, 4) is 5.75 Å². The lowest BCUT2D eigenvalue weighted by molar-refractivity contribution is 0.0727. The predicted molar refractivity (Wildman–Crippen MR) is 108 cm³/mol. The number of ether oxygens (including phenoxy) is 1. The zero-order valence-electron chi connectivity index (χ0n) is 14.6. The van der Waals surface area contributed by atoms with Crippen molar-refractivity contribution >= 4 is 43.3 Å². The van der Waals surface area contributed by atoms with E-state index in [2.05, 4.69) is 25.9 Å². The number of hydrogen-bond donors (Lipinski definition) is 0. The SMILES string of the molecule is Cc1ccccc1CS(=O)(=O)c1ncc(Cl)c(C(=O)Oc2ccc(Br)cc2)n1. The number of nitrogens with zero attached hydrogens (tertiary/aromatic N) is 2. The van der Waals surface area contributed by atoms with Crippen LogP contribution in [0, 0.1) is 6.92 Å². The molecule has 6 nitrogen and oxygen atoms in total. The van der Waals surface area contributed by atoms with Gasteiger partial charge in [0.1, 0.15) is 5.75 Å². The monoisotopic (exact) mass is 480 g/mol. The molecule has 3 aromatic rings. The summed E-state index contributed by atoms with van der Waals surface area (Å²) >= 11 is 9.27. The van der Waals surface area contributed by atoms with E-state index < -0.39 is 21.0 Å². The summed E-state index contributed by atoms with van der Waals surface area (Å²) in [6.07, 6.45) is 1.08. The zero-order valence-corrected chi connectivity index (χ0v) is 17.8. The quantitative estimate of drug-likeness (QED) is 0.305. The van der Waals surface area contributed by atoms with Crippen LogP contribution in [0.3, 0.4) is 0 Å². The smallest absolute Gasteiger partial charge is 0.364 e. The van der Waals surface area contributed by atoms with E-state index in [1.54, 1.807) is 36.4 Å². The molecule has 28 heavy (non-hydrogen) atoms. The topological polar surface area (TPSA) is 86.2 Å². The van der Waals surface area contributed by atoms with Crippen LogP contribution in [0.15, 0.2) is 64.4 Å². The fourth-order valence-corrected chi connectivity index (χ4v) is 4.08. The van der Waals surface area contributed by atoms with Gasteiger partial charge in [0.2, 0.25) is 15.0 Å². The second-order valence-electron chi connectivity index (χ2n) is 5.88. The van der Waals surface area contributed by atoms with Gasteiger partial charge in [-0.15, -0.1) is 0 Å². The molecule has 9 heteroatoms. The lowest BCUT2D eigenvalue weighted by Gasteiger charge is -2.09. The normalized spacial score (nSPS) is 11.2. The number of carbonyl (C=O) groups is 1. The Morgan fingerprint density at radius 3 is 2.50 bits per heavy atom. The minimum absolute atomic E-state index is 0.100. The molecule has 1 heterocycles. The summed E-state index contributed by atoms with van der Waals surface area (Å²) in [7, 11) is -3.88. The maximum absolute atomic E-state index is 12.7. The number of hydrogen-bond acceptors (Lipinski definition) is 6. The highest BCUT2D eigenvalue weighted by molar-refractivity contribution is 9.10. The number of sulfone groups is 1. The summed E-state index contributed by atoms with van der Waals surface area (Å²) in [6, 6.07) is 13.6. The minimum atomic E-state index is -3.88. The maximum atomic E-state index is 12.7. The summed E-state index contributed by atoms with van der Waals surface area (Å²) in [4.78, 5) is 20.1. The summed E-state index contributed by atoms with van der Waals surface area (Å²) in [5.41, 5.74) is 1.14. The van der Waals surface area contributed by atoms with Crippen LogP contribution in [-0.2, 0) is 15.6 Å². The third-order valence-corrected chi connectivity index (χ3v) is 6.07. The van der Waals surface area contributed by atoms with E-state index in [-0.39, 0.29) is 22.2 Å². The molecular formula is C19H14BrClN2O4S. The first kappa shape index (κ1) is 20.4. The molecule has 0 bridgehead atoms. The van der Waals surface area contributed by atoms with Gasteiger partial charge in [-0.2, -0.15) is 0 Å². The van der Waals surface area contributed by atoms with Gasteiger partial charge in [-0.05, 0) is 42.3 Å². The van der Waals surface area contributed by atoms with Crippen molar-refractivity contribution in [2.24, 2.45) is 0 Å². The highest BCUT2D eigenvalue weighted by atomic mass is 79.9. The van der Waals surface area contributed by atoms with Crippen LogP contribution in [0.5, 0.6) is 5.75 Å². The third-order valence-electron chi connectivity index (χ3n) is 3.82. The van der Waals surface area contributed by atoms with Crippen LogP contribution in [0.4, 0.5) is 0 Å². The predicted octanol–water partition coefficient (Wildman–Crippen LogP) is 4.39. The molecule has 0 aliphatic carbocycles. The van der Waals surface area contributed by atoms with Gasteiger partial charge in [0.05, 0.1) is 17.0 Å². The number of halogens is 2. The molecule has 0 saturated carbocycles. The highest BCUT2D eigenvalue weighted by Gasteiger charge is 2.24. The van der Waals surface area contributed by atoms with Gasteiger partial charge in [-0.1, -0.05) is 51.8 Å². The Labute approximate surface area is 175 Å². The number of aryl methyl sites for hydroxylation is 1. The standard InChI is InChI=1S/C19H14BrClN2O4S/c1-12-4-2-3-5-13(12)11-28(25,26)19-22-10-16(21)17(23-19)18(24)27-15-8-6-14(20)7-9-15/h2-10H,11H2,1H3. The van der Waals surface area contributed by atoms with E-state index in [4.69, 9.17) is 16.3 Å². The highest BCUT2D eigenvalue weighted by Crippen LogP contribution is 2.22. The number of benzene rings is 2. The summed E-state index contributed by atoms with van der Waals surface area (Å²) in [5.74, 6) is -0.892. The van der Waals surface area contributed by atoms with Crippen molar-refractivity contribution < 1.29 is 17.9 Å². The lowest BCUT2D eigenvalue weighted by atomic mass is 10.1. The number of aromatic nitrogens is 2. The van der Waals surface area contributed by atoms with E-state index in [9.17, 15) is 13.2 Å². The van der Waals surface area contributed by atoms with Gasteiger partial charge in [0.15, 0.2) is 5.69 Å². The Morgan fingerprint density at radius 2 is 1.82 bits per heavy atom. The molecule has 3 rings (SSSR count). The number of esters is 1. The largest absolute Gasteiger partial charge is 0.422 e. The molecule has 0 atom stereocenters. The minimum Gasteiger partial charge on any atom is -0.422 e. The molecule has 0 N–H and O–H groups in total. The first-order valence-corrected chi connectivity index (χ1v) is 10.9. The van der Waals surface area contributed by atoms with E-state index in [1.807, 2.05) is 19.1 Å². The van der Waals surface area contributed by atoms with Crippen molar-refractivity contribution in [3.05, 3.63) is 81.0 Å². The summed E-state index contributed by atoms with van der Waals surface area (Å²) in [5, 5.41) is -0.583. The average Bonchev–Trinajstić information content (AvgIpc) is 2.65. The zero-order chi connectivity index (χ0) is 20.3. The molecule has 0 unspecified atom stereocenters. The molecule has 0 saturated heterocycles. The number of rotatable bonds is 5. The molecule has 2 aromatic carbocycles. The van der Waals surface area contributed by atoms with Crippen LogP contribution >= 0.6 is 27.5 Å². The average molecular weight is 482 g/mol. The Bertz CT molecular complexity index is 1130.